The average molecular weight is 343 g/mol. The smallest absolute Gasteiger partial charge is 0.249 e. The molecule has 9 heteroatoms. The molecule has 3 aromatic rings. The summed E-state index contributed by atoms with van der Waals surface area (Å²) in [6.45, 7) is 0. The van der Waals surface area contributed by atoms with Crippen LogP contribution in [0.1, 0.15) is 11.5 Å². The van der Waals surface area contributed by atoms with Gasteiger partial charge in [-0.2, -0.15) is 10.1 Å². The van der Waals surface area contributed by atoms with Crippen LogP contribution >= 0.6 is 11.6 Å². The van der Waals surface area contributed by atoms with E-state index in [0.717, 1.165) is 5.56 Å². The fourth-order valence-electron chi connectivity index (χ4n) is 1.75. The highest BCUT2D eigenvalue weighted by Gasteiger charge is 2.12. The average Bonchev–Trinajstić information content (AvgIpc) is 3.06. The van der Waals surface area contributed by atoms with Crippen LogP contribution in [0, 0.1) is 0 Å². The lowest BCUT2D eigenvalue weighted by atomic mass is 10.2. The molecule has 1 N–H and O–H groups in total. The van der Waals surface area contributed by atoms with Gasteiger partial charge in [-0.25, -0.2) is 10.4 Å². The summed E-state index contributed by atoms with van der Waals surface area (Å²) in [5, 5.41) is 8.24. The van der Waals surface area contributed by atoms with Crippen molar-refractivity contribution < 1.29 is 9.32 Å². The van der Waals surface area contributed by atoms with Gasteiger partial charge in [0.25, 0.3) is 0 Å². The third kappa shape index (κ3) is 4.20. The SMILES string of the molecule is O=C(Cc1nc(-c2cnccn2)no1)N/N=C/c1ccc(Cl)cc1. The van der Waals surface area contributed by atoms with Gasteiger partial charge < -0.3 is 4.52 Å². The standard InChI is InChI=1S/C15H11ClN6O2/c16-11-3-1-10(2-4-11)8-19-21-13(23)7-14-20-15(22-24-14)12-9-17-5-6-18-12/h1-6,8-9H,7H2,(H,21,23)/b19-8+. The second-order valence-electron chi connectivity index (χ2n) is 4.62. The highest BCUT2D eigenvalue weighted by atomic mass is 35.5. The number of rotatable bonds is 5. The number of carbonyl (C=O) groups excluding carboxylic acids is 1. The van der Waals surface area contributed by atoms with E-state index in [1.54, 1.807) is 24.3 Å². The second kappa shape index (κ2) is 7.42. The molecule has 0 unspecified atom stereocenters. The van der Waals surface area contributed by atoms with Gasteiger partial charge in [0.2, 0.25) is 17.6 Å². The van der Waals surface area contributed by atoms with E-state index in [9.17, 15) is 4.79 Å². The molecule has 2 heterocycles. The van der Waals surface area contributed by atoms with Crippen molar-refractivity contribution in [1.82, 2.24) is 25.5 Å². The molecule has 0 saturated heterocycles. The Morgan fingerprint density at radius 3 is 2.88 bits per heavy atom. The number of hydrogen-bond acceptors (Lipinski definition) is 7. The first-order valence-corrected chi connectivity index (χ1v) is 7.25. The molecule has 1 amide bonds. The first-order chi connectivity index (χ1) is 11.7. The lowest BCUT2D eigenvalue weighted by Gasteiger charge is -1.96. The van der Waals surface area contributed by atoms with E-state index in [1.165, 1.54) is 24.8 Å². The van der Waals surface area contributed by atoms with E-state index in [-0.39, 0.29) is 24.0 Å². The van der Waals surface area contributed by atoms with Gasteiger partial charge >= 0.3 is 0 Å². The predicted octanol–water partition coefficient (Wildman–Crippen LogP) is 1.87. The number of aromatic nitrogens is 4. The topological polar surface area (TPSA) is 106 Å². The summed E-state index contributed by atoms with van der Waals surface area (Å²) in [5.74, 6) is 0.0555. The molecule has 0 bridgehead atoms. The number of nitrogens with one attached hydrogen (secondary N) is 1. The largest absolute Gasteiger partial charge is 0.338 e. The molecule has 3 rings (SSSR count). The summed E-state index contributed by atoms with van der Waals surface area (Å²) in [6.07, 6.45) is 5.98. The first-order valence-electron chi connectivity index (χ1n) is 6.87. The molecule has 0 saturated carbocycles. The van der Waals surface area contributed by atoms with Gasteiger partial charge in [0.1, 0.15) is 12.1 Å². The summed E-state index contributed by atoms with van der Waals surface area (Å²) in [7, 11) is 0. The lowest BCUT2D eigenvalue weighted by molar-refractivity contribution is -0.120. The van der Waals surface area contributed by atoms with Crippen LogP contribution < -0.4 is 5.43 Å². The van der Waals surface area contributed by atoms with Crippen molar-refractivity contribution in [3.8, 4) is 11.5 Å². The molecule has 0 fully saturated rings. The minimum atomic E-state index is -0.380. The second-order valence-corrected chi connectivity index (χ2v) is 5.06. The quantitative estimate of drug-likeness (QED) is 0.560. The number of carbonyl (C=O) groups is 1. The van der Waals surface area contributed by atoms with Crippen molar-refractivity contribution in [2.75, 3.05) is 0 Å². The Morgan fingerprint density at radius 2 is 2.12 bits per heavy atom. The van der Waals surface area contributed by atoms with E-state index in [1.807, 2.05) is 0 Å². The van der Waals surface area contributed by atoms with Crippen LogP contribution in [0.15, 0.2) is 52.5 Å². The summed E-state index contributed by atoms with van der Waals surface area (Å²) >= 11 is 5.79. The normalized spacial score (nSPS) is 10.9. The number of amides is 1. The van der Waals surface area contributed by atoms with Crippen molar-refractivity contribution in [1.29, 1.82) is 0 Å². The van der Waals surface area contributed by atoms with Gasteiger partial charge in [0, 0.05) is 17.4 Å². The zero-order chi connectivity index (χ0) is 16.8. The third-order valence-corrected chi connectivity index (χ3v) is 3.10. The van der Waals surface area contributed by atoms with E-state index in [4.69, 9.17) is 16.1 Å². The fraction of sp³-hybridized carbons (Fsp3) is 0.0667. The first kappa shape index (κ1) is 15.8. The van der Waals surface area contributed by atoms with E-state index in [0.29, 0.717) is 10.7 Å². The van der Waals surface area contributed by atoms with Gasteiger partial charge in [0.05, 0.1) is 12.4 Å². The van der Waals surface area contributed by atoms with Crippen LogP contribution in [0.5, 0.6) is 0 Å². The highest BCUT2D eigenvalue weighted by molar-refractivity contribution is 6.30. The Hall–Kier alpha value is -3.13. The Morgan fingerprint density at radius 1 is 1.29 bits per heavy atom. The molecule has 120 valence electrons. The monoisotopic (exact) mass is 342 g/mol. The zero-order valence-electron chi connectivity index (χ0n) is 12.3. The Labute approximate surface area is 141 Å². The zero-order valence-corrected chi connectivity index (χ0v) is 13.0. The number of halogens is 1. The minimum absolute atomic E-state index is 0.0920. The van der Waals surface area contributed by atoms with Crippen molar-refractivity contribution in [3.05, 3.63) is 59.3 Å². The number of benzene rings is 1. The molecule has 0 aliphatic carbocycles. The Bertz CT molecular complexity index is 848. The van der Waals surface area contributed by atoms with E-state index >= 15 is 0 Å². The van der Waals surface area contributed by atoms with Crippen molar-refractivity contribution >= 4 is 23.7 Å². The maximum Gasteiger partial charge on any atom is 0.249 e. The third-order valence-electron chi connectivity index (χ3n) is 2.85. The molecule has 0 spiro atoms. The summed E-state index contributed by atoms with van der Waals surface area (Å²) < 4.78 is 5.01. The van der Waals surface area contributed by atoms with Crippen LogP contribution in [-0.2, 0) is 11.2 Å². The molecule has 1 aromatic carbocycles. The maximum atomic E-state index is 11.8. The number of hydrogen-bond donors (Lipinski definition) is 1. The molecule has 0 radical (unpaired) electrons. The predicted molar refractivity (Wildman–Crippen MR) is 86.2 cm³/mol. The van der Waals surface area contributed by atoms with Crippen LogP contribution in [-0.4, -0.2) is 32.2 Å². The number of hydrazone groups is 1. The maximum absolute atomic E-state index is 11.8. The van der Waals surface area contributed by atoms with E-state index in [2.05, 4.69) is 30.6 Å². The van der Waals surface area contributed by atoms with Crippen LogP contribution in [0.2, 0.25) is 5.02 Å². The lowest BCUT2D eigenvalue weighted by Crippen LogP contribution is -2.19. The molecule has 0 aliphatic rings. The molecule has 8 nitrogen and oxygen atoms in total. The van der Waals surface area contributed by atoms with Crippen LogP contribution in [0.4, 0.5) is 0 Å². The van der Waals surface area contributed by atoms with Gasteiger partial charge in [0.15, 0.2) is 0 Å². The van der Waals surface area contributed by atoms with Crippen molar-refractivity contribution in [2.24, 2.45) is 5.10 Å². The molecular weight excluding hydrogens is 332 g/mol. The van der Waals surface area contributed by atoms with Crippen molar-refractivity contribution in [2.45, 2.75) is 6.42 Å². The molecule has 0 aliphatic heterocycles. The van der Waals surface area contributed by atoms with E-state index < -0.39 is 0 Å². The van der Waals surface area contributed by atoms with Gasteiger partial charge in [-0.1, -0.05) is 28.9 Å². The Balaban J connectivity index is 1.55. The minimum Gasteiger partial charge on any atom is -0.338 e. The van der Waals surface area contributed by atoms with Crippen LogP contribution in [0.25, 0.3) is 11.5 Å². The summed E-state index contributed by atoms with van der Waals surface area (Å²) in [5.41, 5.74) is 3.66. The molecular formula is C15H11ClN6O2. The highest BCUT2D eigenvalue weighted by Crippen LogP contribution is 2.11. The number of nitrogens with zero attached hydrogens (tertiary/aromatic N) is 5. The summed E-state index contributed by atoms with van der Waals surface area (Å²) in [4.78, 5) is 23.9. The van der Waals surface area contributed by atoms with Crippen LogP contribution in [0.3, 0.4) is 0 Å². The molecule has 24 heavy (non-hydrogen) atoms. The molecule has 0 atom stereocenters. The Kier molecular flexibility index (Phi) is 4.87. The summed E-state index contributed by atoms with van der Waals surface area (Å²) in [6, 6.07) is 7.03. The van der Waals surface area contributed by atoms with Crippen molar-refractivity contribution in [3.63, 3.8) is 0 Å². The van der Waals surface area contributed by atoms with Gasteiger partial charge in [-0.3, -0.25) is 9.78 Å². The van der Waals surface area contributed by atoms with Gasteiger partial charge in [-0.05, 0) is 17.7 Å². The fourth-order valence-corrected chi connectivity index (χ4v) is 1.88. The molecule has 2 aromatic heterocycles. The van der Waals surface area contributed by atoms with Gasteiger partial charge in [-0.15, -0.1) is 0 Å².